The number of morpholine rings is 1. The van der Waals surface area contributed by atoms with E-state index in [4.69, 9.17) is 14.6 Å². The fraction of sp³-hybridized carbons (Fsp3) is 0.385. The van der Waals surface area contributed by atoms with E-state index in [0.29, 0.717) is 22.4 Å². The molecule has 0 aromatic heterocycles. The highest BCUT2D eigenvalue weighted by atomic mass is 79.9. The van der Waals surface area contributed by atoms with E-state index >= 15 is 0 Å². The number of rotatable bonds is 3. The van der Waals surface area contributed by atoms with Crippen LogP contribution >= 0.6 is 15.9 Å². The number of carbonyl (C=O) groups is 2. The third kappa shape index (κ3) is 2.94. The third-order valence-corrected chi connectivity index (χ3v) is 3.77. The molecule has 108 valence electrons. The Balaban J connectivity index is 2.31. The van der Waals surface area contributed by atoms with Crippen LogP contribution in [0, 0.1) is 0 Å². The maximum Gasteiger partial charge on any atom is 0.328 e. The highest BCUT2D eigenvalue weighted by molar-refractivity contribution is 9.10. The van der Waals surface area contributed by atoms with Gasteiger partial charge in [-0.3, -0.25) is 4.79 Å². The molecule has 1 fully saturated rings. The number of benzene rings is 1. The lowest BCUT2D eigenvalue weighted by atomic mass is 10.1. The van der Waals surface area contributed by atoms with Crippen LogP contribution in [0.15, 0.2) is 22.7 Å². The molecule has 1 aromatic carbocycles. The zero-order valence-corrected chi connectivity index (χ0v) is 12.4. The summed E-state index contributed by atoms with van der Waals surface area (Å²) in [6, 6.07) is 4.03. The predicted octanol–water partition coefficient (Wildman–Crippen LogP) is 1.38. The number of hydrogen-bond donors (Lipinski definition) is 1. The lowest BCUT2D eigenvalue weighted by Gasteiger charge is -2.33. The van der Waals surface area contributed by atoms with Crippen molar-refractivity contribution in [1.82, 2.24) is 4.90 Å². The summed E-state index contributed by atoms with van der Waals surface area (Å²) in [5.74, 6) is -0.889. The van der Waals surface area contributed by atoms with Crippen LogP contribution in [0.4, 0.5) is 0 Å². The molecule has 1 saturated heterocycles. The second-order valence-corrected chi connectivity index (χ2v) is 5.13. The monoisotopic (exact) mass is 343 g/mol. The predicted molar refractivity (Wildman–Crippen MR) is 74.0 cm³/mol. The number of halogens is 1. The first-order chi connectivity index (χ1) is 9.54. The number of methoxy groups -OCH3 is 1. The van der Waals surface area contributed by atoms with Crippen molar-refractivity contribution in [2.75, 3.05) is 26.9 Å². The number of carbonyl (C=O) groups excluding carboxylic acids is 1. The summed E-state index contributed by atoms with van der Waals surface area (Å²) in [4.78, 5) is 25.0. The summed E-state index contributed by atoms with van der Waals surface area (Å²) in [5.41, 5.74) is 0.373. The van der Waals surface area contributed by atoms with Gasteiger partial charge in [-0.2, -0.15) is 0 Å². The van der Waals surface area contributed by atoms with E-state index in [-0.39, 0.29) is 19.1 Å². The van der Waals surface area contributed by atoms with Crippen molar-refractivity contribution < 1.29 is 24.2 Å². The lowest BCUT2D eigenvalue weighted by molar-refractivity contribution is -0.147. The van der Waals surface area contributed by atoms with Crippen LogP contribution in [-0.2, 0) is 9.53 Å². The van der Waals surface area contributed by atoms with E-state index in [1.807, 2.05) is 0 Å². The van der Waals surface area contributed by atoms with Gasteiger partial charge in [-0.15, -0.1) is 0 Å². The molecule has 1 aromatic rings. The van der Waals surface area contributed by atoms with Crippen molar-refractivity contribution in [1.29, 1.82) is 0 Å². The number of hydrogen-bond acceptors (Lipinski definition) is 4. The lowest BCUT2D eigenvalue weighted by Crippen LogP contribution is -2.52. The minimum absolute atomic E-state index is 0.00264. The quantitative estimate of drug-likeness (QED) is 0.897. The Morgan fingerprint density at radius 1 is 1.50 bits per heavy atom. The van der Waals surface area contributed by atoms with E-state index < -0.39 is 12.0 Å². The average Bonchev–Trinajstić information content (AvgIpc) is 2.47. The standard InChI is InChI=1S/C13H14BrNO5/c1-19-8-2-3-10(14)9(6-8)12(16)15-4-5-20-7-11(15)13(17)18/h2-3,6,11H,4-5,7H2,1H3,(H,17,18). The van der Waals surface area contributed by atoms with Gasteiger partial charge in [0.2, 0.25) is 0 Å². The second-order valence-electron chi connectivity index (χ2n) is 4.27. The highest BCUT2D eigenvalue weighted by Gasteiger charge is 2.34. The van der Waals surface area contributed by atoms with Gasteiger partial charge in [0.15, 0.2) is 6.04 Å². The molecule has 0 bridgehead atoms. The van der Waals surface area contributed by atoms with E-state index in [0.717, 1.165) is 0 Å². The van der Waals surface area contributed by atoms with Gasteiger partial charge in [0.1, 0.15) is 5.75 Å². The Labute approximate surface area is 124 Å². The van der Waals surface area contributed by atoms with Gasteiger partial charge >= 0.3 is 5.97 Å². The molecule has 0 radical (unpaired) electrons. The highest BCUT2D eigenvalue weighted by Crippen LogP contribution is 2.25. The number of nitrogens with zero attached hydrogens (tertiary/aromatic N) is 1. The molecule has 1 N–H and O–H groups in total. The molecule has 20 heavy (non-hydrogen) atoms. The molecule has 1 atom stereocenters. The van der Waals surface area contributed by atoms with E-state index in [2.05, 4.69) is 15.9 Å². The molecule has 2 rings (SSSR count). The number of aliphatic carboxylic acids is 1. The Morgan fingerprint density at radius 3 is 2.90 bits per heavy atom. The Bertz CT molecular complexity index is 533. The largest absolute Gasteiger partial charge is 0.497 e. The van der Waals surface area contributed by atoms with E-state index in [9.17, 15) is 9.59 Å². The number of amides is 1. The maximum atomic E-state index is 12.5. The smallest absolute Gasteiger partial charge is 0.328 e. The fourth-order valence-corrected chi connectivity index (χ4v) is 2.42. The molecule has 7 heteroatoms. The second kappa shape index (κ2) is 6.23. The minimum Gasteiger partial charge on any atom is -0.497 e. The molecule has 1 unspecified atom stereocenters. The average molecular weight is 344 g/mol. The van der Waals surface area contributed by atoms with Gasteiger partial charge in [0.25, 0.3) is 5.91 Å². The van der Waals surface area contributed by atoms with Crippen molar-refractivity contribution >= 4 is 27.8 Å². The molecule has 1 aliphatic heterocycles. The van der Waals surface area contributed by atoms with Gasteiger partial charge in [-0.05, 0) is 34.1 Å². The third-order valence-electron chi connectivity index (χ3n) is 3.08. The molecule has 1 aliphatic rings. The molecule has 1 heterocycles. The van der Waals surface area contributed by atoms with E-state index in [1.54, 1.807) is 18.2 Å². The molecular weight excluding hydrogens is 330 g/mol. The first-order valence-electron chi connectivity index (χ1n) is 5.99. The number of ether oxygens (including phenoxy) is 2. The molecule has 0 saturated carbocycles. The van der Waals surface area contributed by atoms with Gasteiger partial charge in [0, 0.05) is 11.0 Å². The molecule has 0 aliphatic carbocycles. The van der Waals surface area contributed by atoms with Crippen LogP contribution in [-0.4, -0.2) is 54.8 Å². The Hall–Kier alpha value is -1.60. The number of carboxylic acid groups (broad SMARTS) is 1. The van der Waals surface area contributed by atoms with Gasteiger partial charge in [-0.25, -0.2) is 4.79 Å². The van der Waals surface area contributed by atoms with Gasteiger partial charge < -0.3 is 19.5 Å². The first kappa shape index (κ1) is 14.8. The van der Waals surface area contributed by atoms with Crippen LogP contribution in [0.3, 0.4) is 0 Å². The summed E-state index contributed by atoms with van der Waals surface area (Å²) in [6.07, 6.45) is 0. The minimum atomic E-state index is -1.07. The van der Waals surface area contributed by atoms with E-state index in [1.165, 1.54) is 12.0 Å². The van der Waals surface area contributed by atoms with Gasteiger partial charge in [0.05, 0.1) is 25.9 Å². The van der Waals surface area contributed by atoms with Crippen LogP contribution in [0.25, 0.3) is 0 Å². The van der Waals surface area contributed by atoms with Crippen molar-refractivity contribution in [3.05, 3.63) is 28.2 Å². The Kier molecular flexibility index (Phi) is 4.61. The van der Waals surface area contributed by atoms with Crippen molar-refractivity contribution in [3.8, 4) is 5.75 Å². The molecule has 6 nitrogen and oxygen atoms in total. The topological polar surface area (TPSA) is 76.1 Å². The van der Waals surface area contributed by atoms with Crippen LogP contribution in [0.1, 0.15) is 10.4 Å². The van der Waals surface area contributed by atoms with Crippen LogP contribution in [0.2, 0.25) is 0 Å². The first-order valence-corrected chi connectivity index (χ1v) is 6.79. The molecular formula is C13H14BrNO5. The van der Waals surface area contributed by atoms with Crippen molar-refractivity contribution in [2.24, 2.45) is 0 Å². The number of carboxylic acids is 1. The zero-order valence-electron chi connectivity index (χ0n) is 10.8. The summed E-state index contributed by atoms with van der Waals surface area (Å²) >= 11 is 3.30. The van der Waals surface area contributed by atoms with Crippen molar-refractivity contribution in [2.45, 2.75) is 6.04 Å². The Morgan fingerprint density at radius 2 is 2.25 bits per heavy atom. The van der Waals surface area contributed by atoms with Gasteiger partial charge in [-0.1, -0.05) is 0 Å². The molecule has 0 spiro atoms. The zero-order chi connectivity index (χ0) is 14.7. The van der Waals surface area contributed by atoms with Crippen LogP contribution < -0.4 is 4.74 Å². The summed E-state index contributed by atoms with van der Waals surface area (Å²) in [7, 11) is 1.51. The van der Waals surface area contributed by atoms with Crippen LogP contribution in [0.5, 0.6) is 5.75 Å². The summed E-state index contributed by atoms with van der Waals surface area (Å²) < 4.78 is 10.8. The normalized spacial score (nSPS) is 18.7. The summed E-state index contributed by atoms with van der Waals surface area (Å²) in [5, 5.41) is 9.16. The maximum absolute atomic E-state index is 12.5. The van der Waals surface area contributed by atoms with Crippen molar-refractivity contribution in [3.63, 3.8) is 0 Å². The summed E-state index contributed by atoms with van der Waals surface area (Å²) in [6.45, 7) is 0.583. The fourth-order valence-electron chi connectivity index (χ4n) is 2.00. The molecule has 1 amide bonds. The SMILES string of the molecule is COc1ccc(Br)c(C(=O)N2CCOCC2C(=O)O)c1.